The van der Waals surface area contributed by atoms with Gasteiger partial charge in [0.2, 0.25) is 0 Å². The molecule has 1 amide bonds. The van der Waals surface area contributed by atoms with E-state index >= 15 is 0 Å². The highest BCUT2D eigenvalue weighted by atomic mass is 35.5. The van der Waals surface area contributed by atoms with Gasteiger partial charge in [-0.05, 0) is 53.1 Å². The van der Waals surface area contributed by atoms with Gasteiger partial charge in [0.1, 0.15) is 12.2 Å². The topological polar surface area (TPSA) is 62.7 Å². The molecule has 1 aliphatic rings. The number of halogens is 2. The van der Waals surface area contributed by atoms with Crippen LogP contribution in [0.4, 0.5) is 0 Å². The highest BCUT2D eigenvalue weighted by Gasteiger charge is 2.45. The number of carbonyl (C=O) groups is 1. The minimum Gasteiger partial charge on any atom is -0.385 e. The van der Waals surface area contributed by atoms with E-state index in [1.807, 2.05) is 24.3 Å². The third-order valence-electron chi connectivity index (χ3n) is 5.33. The van der Waals surface area contributed by atoms with E-state index in [-0.39, 0.29) is 5.91 Å². The van der Waals surface area contributed by atoms with Gasteiger partial charge < -0.3 is 14.7 Å². The molecule has 2 aromatic carbocycles. The normalized spacial score (nSPS) is 22.7. The number of amides is 1. The van der Waals surface area contributed by atoms with E-state index in [4.69, 9.17) is 27.9 Å². The van der Waals surface area contributed by atoms with Crippen molar-refractivity contribution in [2.24, 2.45) is 0 Å². The van der Waals surface area contributed by atoms with Gasteiger partial charge in [-0.15, -0.1) is 0 Å². The fourth-order valence-electron chi connectivity index (χ4n) is 3.75. The fourth-order valence-corrected chi connectivity index (χ4v) is 4.00. The standard InChI is InChI=1S/C23H20Cl2N2O3/c1-27-19(14-2-6-17(24)7-3-14)21(16-4-8-18(25)9-5-16)30-22(23(27)29)20(28)15-10-12-26-13-11-15/h2-13,19-22,28H,1H3/t19-,20-,21+,22?/m0/s1. The number of aromatic nitrogens is 1. The second-order valence-electron chi connectivity index (χ2n) is 7.20. The zero-order valence-corrected chi connectivity index (χ0v) is 17.7. The summed E-state index contributed by atoms with van der Waals surface area (Å²) in [6.45, 7) is 0. The lowest BCUT2D eigenvalue weighted by Gasteiger charge is -2.44. The van der Waals surface area contributed by atoms with Crippen molar-refractivity contribution in [1.29, 1.82) is 0 Å². The van der Waals surface area contributed by atoms with Crippen LogP contribution >= 0.6 is 23.2 Å². The maximum absolute atomic E-state index is 13.2. The quantitative estimate of drug-likeness (QED) is 0.632. The van der Waals surface area contributed by atoms with Crippen molar-refractivity contribution in [2.45, 2.75) is 24.4 Å². The van der Waals surface area contributed by atoms with E-state index in [9.17, 15) is 9.90 Å². The molecule has 1 aromatic heterocycles. The first kappa shape index (κ1) is 20.8. The summed E-state index contributed by atoms with van der Waals surface area (Å²) in [6.07, 6.45) is 0.462. The molecule has 154 valence electrons. The minimum atomic E-state index is -1.12. The van der Waals surface area contributed by atoms with Gasteiger partial charge in [-0.25, -0.2) is 0 Å². The number of hydrogen-bond donors (Lipinski definition) is 1. The largest absolute Gasteiger partial charge is 0.385 e. The molecule has 1 saturated heterocycles. The van der Waals surface area contributed by atoms with Crippen molar-refractivity contribution in [2.75, 3.05) is 7.05 Å². The first-order valence-electron chi connectivity index (χ1n) is 9.47. The Kier molecular flexibility index (Phi) is 6.06. The number of aliphatic hydroxyl groups excluding tert-OH is 1. The lowest BCUT2D eigenvalue weighted by molar-refractivity contribution is -0.185. The fraction of sp³-hybridized carbons (Fsp3) is 0.217. The van der Waals surface area contributed by atoms with Gasteiger partial charge in [-0.1, -0.05) is 47.5 Å². The molecular weight excluding hydrogens is 423 g/mol. The van der Waals surface area contributed by atoms with Gasteiger partial charge in [-0.2, -0.15) is 0 Å². The minimum absolute atomic E-state index is 0.301. The third-order valence-corrected chi connectivity index (χ3v) is 5.84. The van der Waals surface area contributed by atoms with Gasteiger partial charge in [0.05, 0.1) is 6.04 Å². The Hall–Kier alpha value is -2.44. The summed E-state index contributed by atoms with van der Waals surface area (Å²) in [7, 11) is 1.72. The molecule has 5 nitrogen and oxygen atoms in total. The number of morpholine rings is 1. The second-order valence-corrected chi connectivity index (χ2v) is 8.07. The van der Waals surface area contributed by atoms with Crippen LogP contribution in [0.1, 0.15) is 34.9 Å². The smallest absolute Gasteiger partial charge is 0.255 e. The van der Waals surface area contributed by atoms with Crippen molar-refractivity contribution < 1.29 is 14.6 Å². The average molecular weight is 443 g/mol. The SMILES string of the molecule is CN1C(=O)C([C@@H](O)c2ccncc2)O[C@H](c2ccc(Cl)cc2)[C@@H]1c1ccc(Cl)cc1. The van der Waals surface area contributed by atoms with Crippen molar-refractivity contribution in [3.63, 3.8) is 0 Å². The highest BCUT2D eigenvalue weighted by molar-refractivity contribution is 6.30. The van der Waals surface area contributed by atoms with Crippen LogP contribution in [0.5, 0.6) is 0 Å². The van der Waals surface area contributed by atoms with E-state index < -0.39 is 24.4 Å². The number of rotatable bonds is 4. The van der Waals surface area contributed by atoms with E-state index in [0.29, 0.717) is 15.6 Å². The average Bonchev–Trinajstić information content (AvgIpc) is 2.77. The summed E-state index contributed by atoms with van der Waals surface area (Å²) in [5.74, 6) is -0.301. The second kappa shape index (κ2) is 8.74. The van der Waals surface area contributed by atoms with Crippen LogP contribution < -0.4 is 0 Å². The number of nitrogens with zero attached hydrogens (tertiary/aromatic N) is 2. The zero-order chi connectivity index (χ0) is 21.3. The first-order chi connectivity index (χ1) is 14.5. The Labute approximate surface area is 184 Å². The van der Waals surface area contributed by atoms with Gasteiger partial charge in [0.25, 0.3) is 5.91 Å². The van der Waals surface area contributed by atoms with Crippen molar-refractivity contribution in [3.05, 3.63) is 99.8 Å². The molecule has 1 unspecified atom stereocenters. The van der Waals surface area contributed by atoms with Crippen LogP contribution in [0, 0.1) is 0 Å². The Morgan fingerprint density at radius 1 is 0.933 bits per heavy atom. The summed E-state index contributed by atoms with van der Waals surface area (Å²) in [4.78, 5) is 18.8. The Morgan fingerprint density at radius 3 is 2.03 bits per heavy atom. The molecule has 1 N–H and O–H groups in total. The van der Waals surface area contributed by atoms with Crippen molar-refractivity contribution in [1.82, 2.24) is 9.88 Å². The van der Waals surface area contributed by atoms with Crippen LogP contribution in [0.2, 0.25) is 10.0 Å². The van der Waals surface area contributed by atoms with Crippen LogP contribution in [0.25, 0.3) is 0 Å². The molecule has 0 spiro atoms. The first-order valence-corrected chi connectivity index (χ1v) is 10.2. The summed E-state index contributed by atoms with van der Waals surface area (Å²) in [6, 6.07) is 17.6. The summed E-state index contributed by atoms with van der Waals surface area (Å²) < 4.78 is 6.27. The number of hydrogen-bond acceptors (Lipinski definition) is 4. The predicted molar refractivity (Wildman–Crippen MR) is 115 cm³/mol. The molecule has 3 aromatic rings. The van der Waals surface area contributed by atoms with Gasteiger partial charge in [0.15, 0.2) is 6.10 Å². The summed E-state index contributed by atoms with van der Waals surface area (Å²) in [5, 5.41) is 12.1. The van der Waals surface area contributed by atoms with E-state index in [1.54, 1.807) is 60.7 Å². The maximum atomic E-state index is 13.2. The van der Waals surface area contributed by atoms with Crippen LogP contribution in [0.15, 0.2) is 73.1 Å². The zero-order valence-electron chi connectivity index (χ0n) is 16.2. The van der Waals surface area contributed by atoms with Crippen LogP contribution in [0.3, 0.4) is 0 Å². The number of aliphatic hydroxyl groups is 1. The number of likely N-dealkylation sites (N-methyl/N-ethyl adjacent to an activating group) is 1. The molecule has 7 heteroatoms. The lowest BCUT2D eigenvalue weighted by atomic mass is 9.90. The monoisotopic (exact) mass is 442 g/mol. The Morgan fingerprint density at radius 2 is 1.47 bits per heavy atom. The summed E-state index contributed by atoms with van der Waals surface area (Å²) >= 11 is 12.1. The molecule has 0 aliphatic carbocycles. The van der Waals surface area contributed by atoms with Crippen LogP contribution in [-0.4, -0.2) is 34.0 Å². The number of ether oxygens (including phenoxy) is 1. The molecule has 0 radical (unpaired) electrons. The van der Waals surface area contributed by atoms with E-state index in [0.717, 1.165) is 11.1 Å². The van der Waals surface area contributed by atoms with Gasteiger partial charge in [0, 0.05) is 29.5 Å². The number of benzene rings is 2. The van der Waals surface area contributed by atoms with Crippen LogP contribution in [-0.2, 0) is 9.53 Å². The van der Waals surface area contributed by atoms with E-state index in [1.165, 1.54) is 0 Å². The molecule has 0 bridgehead atoms. The molecular formula is C23H20Cl2N2O3. The maximum Gasteiger partial charge on any atom is 0.255 e. The van der Waals surface area contributed by atoms with Gasteiger partial charge >= 0.3 is 0 Å². The molecule has 1 fully saturated rings. The molecule has 4 atom stereocenters. The molecule has 0 saturated carbocycles. The van der Waals surface area contributed by atoms with E-state index in [2.05, 4.69) is 4.98 Å². The summed E-state index contributed by atoms with van der Waals surface area (Å²) in [5.41, 5.74) is 2.30. The Balaban J connectivity index is 1.74. The van der Waals surface area contributed by atoms with Crippen molar-refractivity contribution >= 4 is 29.1 Å². The number of pyridine rings is 1. The third kappa shape index (κ3) is 4.07. The number of carbonyl (C=O) groups excluding carboxylic acids is 1. The highest BCUT2D eigenvalue weighted by Crippen LogP contribution is 2.43. The molecule has 1 aliphatic heterocycles. The molecule has 4 rings (SSSR count). The van der Waals surface area contributed by atoms with Gasteiger partial charge in [-0.3, -0.25) is 9.78 Å². The predicted octanol–water partition coefficient (Wildman–Crippen LogP) is 4.76. The van der Waals surface area contributed by atoms with Crippen molar-refractivity contribution in [3.8, 4) is 0 Å². The molecule has 30 heavy (non-hydrogen) atoms. The molecule has 2 heterocycles. The lowest BCUT2D eigenvalue weighted by Crippen LogP contribution is -2.51. The Bertz CT molecular complexity index is 1010.